The summed E-state index contributed by atoms with van der Waals surface area (Å²) in [4.78, 5) is 13.5. The number of benzene rings is 4. The van der Waals surface area contributed by atoms with E-state index in [0.29, 0.717) is 17.9 Å². The molecule has 0 atom stereocenters. The Morgan fingerprint density at radius 3 is 1.94 bits per heavy atom. The van der Waals surface area contributed by atoms with Crippen LogP contribution in [-0.4, -0.2) is 10.2 Å². The van der Waals surface area contributed by atoms with E-state index in [2.05, 4.69) is 0 Å². The van der Waals surface area contributed by atoms with Crippen molar-refractivity contribution in [3.05, 3.63) is 118 Å². The zero-order chi connectivity index (χ0) is 24.2. The van der Waals surface area contributed by atoms with Crippen molar-refractivity contribution in [3.63, 3.8) is 0 Å². The first-order valence-electron chi connectivity index (χ1n) is 11.0. The van der Waals surface area contributed by atoms with Gasteiger partial charge in [0.1, 0.15) is 41.4 Å². The summed E-state index contributed by atoms with van der Waals surface area (Å²) < 4.78 is 17.9. The summed E-state index contributed by atoms with van der Waals surface area (Å²) in [5.41, 5.74) is 2.03. The summed E-state index contributed by atoms with van der Waals surface area (Å²) in [6.45, 7) is 0.431. The van der Waals surface area contributed by atoms with Crippen molar-refractivity contribution in [2.24, 2.45) is 0 Å². The van der Waals surface area contributed by atoms with E-state index < -0.39 is 5.43 Å². The molecule has 5 aromatic rings. The minimum Gasteiger partial charge on any atom is -0.508 e. The fourth-order valence-corrected chi connectivity index (χ4v) is 3.75. The van der Waals surface area contributed by atoms with Crippen molar-refractivity contribution >= 4 is 11.0 Å². The summed E-state index contributed by atoms with van der Waals surface area (Å²) in [5, 5.41) is 20.4. The Labute approximate surface area is 201 Å². The smallest absolute Gasteiger partial charge is 0.239 e. The highest BCUT2D eigenvalue weighted by atomic mass is 16.5. The molecule has 6 heteroatoms. The molecule has 0 unspecified atom stereocenters. The average Bonchev–Trinajstić information content (AvgIpc) is 2.88. The number of rotatable bonds is 7. The van der Waals surface area contributed by atoms with Crippen molar-refractivity contribution in [2.45, 2.75) is 13.2 Å². The van der Waals surface area contributed by atoms with Crippen LogP contribution in [0.1, 0.15) is 11.1 Å². The van der Waals surface area contributed by atoms with E-state index in [1.807, 2.05) is 60.7 Å². The van der Waals surface area contributed by atoms with Gasteiger partial charge >= 0.3 is 0 Å². The van der Waals surface area contributed by atoms with Gasteiger partial charge in [-0.05, 0) is 35.4 Å². The van der Waals surface area contributed by atoms with Gasteiger partial charge < -0.3 is 24.1 Å². The van der Waals surface area contributed by atoms with Gasteiger partial charge in [-0.1, -0.05) is 60.7 Å². The highest BCUT2D eigenvalue weighted by Gasteiger charge is 2.21. The molecule has 5 rings (SSSR count). The summed E-state index contributed by atoms with van der Waals surface area (Å²) in [5.74, 6) is 0.342. The molecule has 0 saturated heterocycles. The molecule has 0 aliphatic carbocycles. The number of fused-ring (bicyclic) bond motifs is 1. The molecule has 0 saturated carbocycles. The molecular weight excluding hydrogens is 444 g/mol. The predicted octanol–water partition coefficient (Wildman–Crippen LogP) is 6.03. The van der Waals surface area contributed by atoms with E-state index in [0.717, 1.165) is 11.1 Å². The topological polar surface area (TPSA) is 89.1 Å². The number of phenols is 2. The Bertz CT molecular complexity index is 1510. The van der Waals surface area contributed by atoms with Gasteiger partial charge in [-0.25, -0.2) is 0 Å². The van der Waals surface area contributed by atoms with Crippen LogP contribution in [0, 0.1) is 0 Å². The second kappa shape index (κ2) is 9.65. The maximum Gasteiger partial charge on any atom is 0.239 e. The molecule has 0 fully saturated rings. The number of hydrogen-bond acceptors (Lipinski definition) is 6. The maximum atomic E-state index is 13.5. The molecule has 1 aromatic heterocycles. The molecule has 0 aliphatic rings. The third-order valence-electron chi connectivity index (χ3n) is 5.51. The highest BCUT2D eigenvalue weighted by molar-refractivity contribution is 5.88. The minimum absolute atomic E-state index is 0.00245. The molecule has 0 bridgehead atoms. The Morgan fingerprint density at radius 2 is 1.31 bits per heavy atom. The lowest BCUT2D eigenvalue weighted by molar-refractivity contribution is 0.296. The van der Waals surface area contributed by atoms with Crippen molar-refractivity contribution in [3.8, 4) is 34.3 Å². The highest BCUT2D eigenvalue weighted by Crippen LogP contribution is 2.36. The van der Waals surface area contributed by atoms with Crippen molar-refractivity contribution in [2.75, 3.05) is 0 Å². The van der Waals surface area contributed by atoms with Crippen molar-refractivity contribution in [1.29, 1.82) is 0 Å². The van der Waals surface area contributed by atoms with E-state index in [4.69, 9.17) is 13.9 Å². The third kappa shape index (κ3) is 4.82. The lowest BCUT2D eigenvalue weighted by Gasteiger charge is -2.14. The Hall–Kier alpha value is -4.71. The Balaban J connectivity index is 1.58. The zero-order valence-corrected chi connectivity index (χ0v) is 18.7. The molecule has 6 nitrogen and oxygen atoms in total. The van der Waals surface area contributed by atoms with Crippen LogP contribution in [0.25, 0.3) is 22.3 Å². The first kappa shape index (κ1) is 22.1. The molecule has 0 spiro atoms. The van der Waals surface area contributed by atoms with Crippen LogP contribution < -0.4 is 14.9 Å². The fraction of sp³-hybridized carbons (Fsp3) is 0.0690. The van der Waals surface area contributed by atoms with Gasteiger partial charge in [0, 0.05) is 17.7 Å². The van der Waals surface area contributed by atoms with Crippen LogP contribution in [0.3, 0.4) is 0 Å². The average molecular weight is 466 g/mol. The second-order valence-electron chi connectivity index (χ2n) is 8.00. The van der Waals surface area contributed by atoms with Gasteiger partial charge in [0.25, 0.3) is 0 Å². The van der Waals surface area contributed by atoms with E-state index in [-0.39, 0.29) is 40.6 Å². The first-order chi connectivity index (χ1) is 17.1. The van der Waals surface area contributed by atoms with Crippen molar-refractivity contribution < 1.29 is 24.1 Å². The van der Waals surface area contributed by atoms with Crippen LogP contribution >= 0.6 is 0 Å². The minimum atomic E-state index is -0.502. The van der Waals surface area contributed by atoms with Gasteiger partial charge in [-0.2, -0.15) is 0 Å². The van der Waals surface area contributed by atoms with Gasteiger partial charge in [-0.15, -0.1) is 0 Å². The van der Waals surface area contributed by atoms with Gasteiger partial charge in [0.2, 0.25) is 11.2 Å². The summed E-state index contributed by atoms with van der Waals surface area (Å²) in [6.07, 6.45) is 0. The molecule has 4 aromatic carbocycles. The molecule has 0 aliphatic heterocycles. The summed E-state index contributed by atoms with van der Waals surface area (Å²) >= 11 is 0. The lowest BCUT2D eigenvalue weighted by Crippen LogP contribution is -2.10. The quantitative estimate of drug-likeness (QED) is 0.304. The van der Waals surface area contributed by atoms with Gasteiger partial charge in [-0.3, -0.25) is 4.79 Å². The SMILES string of the molecule is O=c1c(OCc2ccccc2)c(-c2ccc(O)cc2)oc2cc(OCc3ccccc3)cc(O)c12. The third-order valence-corrected chi connectivity index (χ3v) is 5.51. The number of phenolic OH excluding ortho intramolecular Hbond substituents is 2. The van der Waals surface area contributed by atoms with E-state index >= 15 is 0 Å². The zero-order valence-electron chi connectivity index (χ0n) is 18.7. The molecule has 0 amide bonds. The van der Waals surface area contributed by atoms with Crippen LogP contribution in [-0.2, 0) is 13.2 Å². The summed E-state index contributed by atoms with van der Waals surface area (Å²) in [6, 6.07) is 28.3. The lowest BCUT2D eigenvalue weighted by atomic mass is 10.1. The standard InChI is InChI=1S/C29H22O6/c30-22-13-11-21(12-14-22)28-29(34-18-20-9-5-2-6-10-20)27(32)26-24(31)15-23(16-25(26)35-28)33-17-19-7-3-1-4-8-19/h1-16,30-31H,17-18H2. The van der Waals surface area contributed by atoms with Crippen LogP contribution in [0.4, 0.5) is 0 Å². The fourth-order valence-electron chi connectivity index (χ4n) is 3.75. The van der Waals surface area contributed by atoms with Crippen LogP contribution in [0.15, 0.2) is 106 Å². The number of ether oxygens (including phenoxy) is 2. The number of hydrogen-bond donors (Lipinski definition) is 2. The predicted molar refractivity (Wildman–Crippen MR) is 133 cm³/mol. The molecular formula is C29H22O6. The van der Waals surface area contributed by atoms with Crippen LogP contribution in [0.2, 0.25) is 0 Å². The molecule has 0 radical (unpaired) electrons. The first-order valence-corrected chi connectivity index (χ1v) is 11.0. The van der Waals surface area contributed by atoms with Crippen molar-refractivity contribution in [1.82, 2.24) is 0 Å². The molecule has 35 heavy (non-hydrogen) atoms. The maximum absolute atomic E-state index is 13.5. The Kier molecular flexibility index (Phi) is 6.09. The second-order valence-corrected chi connectivity index (χ2v) is 8.00. The van der Waals surface area contributed by atoms with Gasteiger partial charge in [0.15, 0.2) is 5.76 Å². The van der Waals surface area contributed by atoms with E-state index in [1.54, 1.807) is 18.2 Å². The molecule has 2 N–H and O–H groups in total. The summed E-state index contributed by atoms with van der Waals surface area (Å²) in [7, 11) is 0. The largest absolute Gasteiger partial charge is 0.508 e. The number of aromatic hydroxyl groups is 2. The van der Waals surface area contributed by atoms with E-state index in [9.17, 15) is 15.0 Å². The normalized spacial score (nSPS) is 10.9. The van der Waals surface area contributed by atoms with E-state index in [1.165, 1.54) is 18.2 Å². The molecule has 1 heterocycles. The van der Waals surface area contributed by atoms with Gasteiger partial charge in [0.05, 0.1) is 0 Å². The Morgan fingerprint density at radius 1 is 0.714 bits per heavy atom. The monoisotopic (exact) mass is 466 g/mol. The molecule has 174 valence electrons. The van der Waals surface area contributed by atoms with Crippen LogP contribution in [0.5, 0.6) is 23.0 Å².